The number of esters is 1. The molecule has 3 heterocycles. The van der Waals surface area contributed by atoms with E-state index in [0.29, 0.717) is 24.3 Å². The lowest BCUT2D eigenvalue weighted by Crippen LogP contribution is -2.60. The van der Waals surface area contributed by atoms with Crippen LogP contribution >= 0.6 is 0 Å². The van der Waals surface area contributed by atoms with E-state index >= 15 is 0 Å². The maximum absolute atomic E-state index is 12.5. The van der Waals surface area contributed by atoms with Crippen molar-refractivity contribution in [1.82, 2.24) is 0 Å². The Morgan fingerprint density at radius 2 is 1.87 bits per heavy atom. The van der Waals surface area contributed by atoms with Gasteiger partial charge in [0.15, 0.2) is 0 Å². The van der Waals surface area contributed by atoms with Crippen LogP contribution in [0.1, 0.15) is 24.3 Å². The van der Waals surface area contributed by atoms with Crippen molar-refractivity contribution in [2.75, 3.05) is 20.7 Å². The van der Waals surface area contributed by atoms with Crippen molar-refractivity contribution in [3.63, 3.8) is 0 Å². The summed E-state index contributed by atoms with van der Waals surface area (Å²) < 4.78 is 12.5. The number of carbonyl (C=O) groups excluding carboxylic acids is 1. The number of epoxide rings is 1. The van der Waals surface area contributed by atoms with Crippen molar-refractivity contribution in [1.29, 1.82) is 0 Å². The summed E-state index contributed by atoms with van der Waals surface area (Å²) in [4.78, 5) is 12.5. The highest BCUT2D eigenvalue weighted by atomic mass is 16.6. The minimum atomic E-state index is -0.593. The third kappa shape index (κ3) is 2.38. The van der Waals surface area contributed by atoms with Gasteiger partial charge >= 0.3 is 5.97 Å². The molecular weight excluding hydrogens is 294 g/mol. The number of ether oxygens (including phenoxy) is 2. The molecule has 3 fully saturated rings. The van der Waals surface area contributed by atoms with Gasteiger partial charge in [-0.2, -0.15) is 0 Å². The SMILES string of the molecule is C[N+]1(C)[C@@H]2CC(OC(=O)[C@H](CO)c3ccccc3)C[C@H]1[C@H]1OC21. The molecule has 1 aromatic carbocycles. The average molecular weight is 318 g/mol. The number of hydrogen-bond donors (Lipinski definition) is 1. The van der Waals surface area contributed by atoms with Gasteiger partial charge in [0, 0.05) is 12.8 Å². The van der Waals surface area contributed by atoms with E-state index in [2.05, 4.69) is 14.1 Å². The van der Waals surface area contributed by atoms with E-state index in [4.69, 9.17) is 9.47 Å². The third-order valence-corrected chi connectivity index (χ3v) is 5.99. The summed E-state index contributed by atoms with van der Waals surface area (Å²) in [7, 11) is 4.51. The Morgan fingerprint density at radius 3 is 2.43 bits per heavy atom. The number of nitrogens with zero attached hydrogens (tertiary/aromatic N) is 1. The monoisotopic (exact) mass is 318 g/mol. The molecule has 6 atom stereocenters. The first-order valence-electron chi connectivity index (χ1n) is 8.37. The van der Waals surface area contributed by atoms with Gasteiger partial charge in [0.25, 0.3) is 0 Å². The molecule has 0 saturated carbocycles. The highest BCUT2D eigenvalue weighted by molar-refractivity contribution is 5.78. The van der Waals surface area contributed by atoms with E-state index in [1.165, 1.54) is 0 Å². The van der Waals surface area contributed by atoms with Gasteiger partial charge in [0.2, 0.25) is 0 Å². The number of quaternary nitrogens is 1. The van der Waals surface area contributed by atoms with Gasteiger partial charge in [-0.15, -0.1) is 0 Å². The minimum Gasteiger partial charge on any atom is -0.461 e. The van der Waals surface area contributed by atoms with Crippen molar-refractivity contribution < 1.29 is 23.9 Å². The van der Waals surface area contributed by atoms with Crippen LogP contribution in [-0.4, -0.2) is 66.7 Å². The quantitative estimate of drug-likeness (QED) is 0.512. The van der Waals surface area contributed by atoms with Gasteiger partial charge in [-0.25, -0.2) is 0 Å². The predicted octanol–water partition coefficient (Wildman–Crippen LogP) is 1.06. The fourth-order valence-electron chi connectivity index (χ4n) is 4.55. The van der Waals surface area contributed by atoms with Crippen LogP contribution in [0, 0.1) is 0 Å². The van der Waals surface area contributed by atoms with Crippen LogP contribution in [0.15, 0.2) is 30.3 Å². The Morgan fingerprint density at radius 1 is 1.26 bits per heavy atom. The van der Waals surface area contributed by atoms with E-state index in [0.717, 1.165) is 22.9 Å². The number of fused-ring (bicyclic) bond motifs is 5. The van der Waals surface area contributed by atoms with Crippen LogP contribution in [0.25, 0.3) is 0 Å². The van der Waals surface area contributed by atoms with Crippen LogP contribution in [-0.2, 0) is 14.3 Å². The molecule has 3 aliphatic rings. The molecule has 0 aliphatic carbocycles. The normalized spacial score (nSPS) is 37.8. The van der Waals surface area contributed by atoms with Crippen molar-refractivity contribution >= 4 is 5.97 Å². The van der Waals surface area contributed by atoms with Crippen LogP contribution in [0.4, 0.5) is 0 Å². The summed E-state index contributed by atoms with van der Waals surface area (Å²) in [5.41, 5.74) is 0.807. The molecule has 23 heavy (non-hydrogen) atoms. The van der Waals surface area contributed by atoms with Crippen LogP contribution in [0.5, 0.6) is 0 Å². The number of aliphatic hydroxyl groups is 1. The van der Waals surface area contributed by atoms with Crippen molar-refractivity contribution in [3.8, 4) is 0 Å². The first kappa shape index (κ1) is 15.1. The molecular formula is C18H24NO4+. The lowest BCUT2D eigenvalue weighted by atomic mass is 9.95. The highest BCUT2D eigenvalue weighted by Gasteiger charge is 2.70. The van der Waals surface area contributed by atoms with E-state index in [-0.39, 0.29) is 18.7 Å². The molecule has 1 N–H and O–H groups in total. The minimum absolute atomic E-state index is 0.0576. The van der Waals surface area contributed by atoms with Crippen LogP contribution < -0.4 is 0 Å². The Balaban J connectivity index is 1.44. The van der Waals surface area contributed by atoms with E-state index in [9.17, 15) is 9.90 Å². The van der Waals surface area contributed by atoms with Crippen molar-refractivity contribution in [2.24, 2.45) is 0 Å². The number of benzene rings is 1. The fourth-order valence-corrected chi connectivity index (χ4v) is 4.55. The second-order valence-corrected chi connectivity index (χ2v) is 7.51. The van der Waals surface area contributed by atoms with Crippen molar-refractivity contribution in [2.45, 2.75) is 49.2 Å². The van der Waals surface area contributed by atoms with Gasteiger partial charge in [-0.3, -0.25) is 4.79 Å². The summed E-state index contributed by atoms with van der Waals surface area (Å²) in [5.74, 6) is -0.908. The number of likely N-dealkylation sites (N-methyl/N-ethyl adjacent to an activating group) is 1. The molecule has 2 bridgehead atoms. The number of hydrogen-bond acceptors (Lipinski definition) is 4. The van der Waals surface area contributed by atoms with Crippen LogP contribution in [0.3, 0.4) is 0 Å². The lowest BCUT2D eigenvalue weighted by molar-refractivity contribution is -0.938. The molecule has 4 rings (SSSR count). The van der Waals surface area contributed by atoms with Crippen molar-refractivity contribution in [3.05, 3.63) is 35.9 Å². The first-order valence-corrected chi connectivity index (χ1v) is 8.37. The van der Waals surface area contributed by atoms with Gasteiger partial charge in [0.1, 0.15) is 36.3 Å². The largest absolute Gasteiger partial charge is 0.461 e. The summed E-state index contributed by atoms with van der Waals surface area (Å²) in [5, 5.41) is 9.60. The molecule has 5 heteroatoms. The zero-order valence-electron chi connectivity index (χ0n) is 13.6. The molecule has 0 radical (unpaired) electrons. The molecule has 1 aromatic rings. The van der Waals surface area contributed by atoms with Crippen LogP contribution in [0.2, 0.25) is 0 Å². The Labute approximate surface area is 136 Å². The first-order chi connectivity index (χ1) is 11.0. The second-order valence-electron chi connectivity index (χ2n) is 7.51. The predicted molar refractivity (Wildman–Crippen MR) is 83.7 cm³/mol. The van der Waals surface area contributed by atoms with E-state index < -0.39 is 5.92 Å². The summed E-state index contributed by atoms with van der Waals surface area (Å²) in [6.45, 7) is -0.224. The number of piperidine rings is 1. The van der Waals surface area contributed by atoms with E-state index in [1.54, 1.807) is 0 Å². The Kier molecular flexibility index (Phi) is 3.48. The third-order valence-electron chi connectivity index (χ3n) is 5.99. The smallest absolute Gasteiger partial charge is 0.316 e. The Hall–Kier alpha value is -1.43. The topological polar surface area (TPSA) is 59.1 Å². The number of carbonyl (C=O) groups is 1. The van der Waals surface area contributed by atoms with Gasteiger partial charge in [0.05, 0.1) is 20.7 Å². The summed E-state index contributed by atoms with van der Waals surface area (Å²) in [6.07, 6.45) is 2.34. The maximum atomic E-state index is 12.5. The zero-order valence-corrected chi connectivity index (χ0v) is 13.6. The molecule has 0 spiro atoms. The fraction of sp³-hybridized carbons (Fsp3) is 0.611. The summed E-state index contributed by atoms with van der Waals surface area (Å²) in [6, 6.07) is 10.2. The van der Waals surface area contributed by atoms with Gasteiger partial charge in [-0.1, -0.05) is 30.3 Å². The molecule has 3 saturated heterocycles. The van der Waals surface area contributed by atoms with Gasteiger partial charge in [-0.05, 0) is 5.56 Å². The second kappa shape index (κ2) is 5.30. The number of aliphatic hydroxyl groups excluding tert-OH is 1. The van der Waals surface area contributed by atoms with E-state index in [1.807, 2.05) is 30.3 Å². The summed E-state index contributed by atoms with van der Waals surface area (Å²) >= 11 is 0. The standard InChI is InChI=1S/C18H24NO4/c1-19(2)14-8-12(9-15(19)17-16(14)23-17)22-18(21)13(10-20)11-6-4-3-5-7-11/h3-7,12-17,20H,8-10H2,1-2H3/q+1/t12?,13-,14-,15+,16?,17-/m1/s1. The Bertz CT molecular complexity index is 582. The number of morpholine rings is 1. The molecule has 0 amide bonds. The molecule has 5 nitrogen and oxygen atoms in total. The molecule has 3 aliphatic heterocycles. The maximum Gasteiger partial charge on any atom is 0.316 e. The number of rotatable bonds is 4. The molecule has 2 unspecified atom stereocenters. The lowest BCUT2D eigenvalue weighted by Gasteiger charge is -2.45. The molecule has 124 valence electrons. The zero-order chi connectivity index (χ0) is 16.2. The molecule has 0 aromatic heterocycles. The van der Waals surface area contributed by atoms with Gasteiger partial charge < -0.3 is 19.1 Å². The highest BCUT2D eigenvalue weighted by Crippen LogP contribution is 2.51. The average Bonchev–Trinajstić information content (AvgIpc) is 3.27.